The molecule has 0 aliphatic rings. The SMILES string of the molecule is O=Cc1ccc(OC(=O)COc2ccccc2)cc1. The average Bonchev–Trinajstić information content (AvgIpc) is 2.47. The van der Waals surface area contributed by atoms with E-state index >= 15 is 0 Å². The van der Waals surface area contributed by atoms with Gasteiger partial charge in [0.25, 0.3) is 0 Å². The maximum absolute atomic E-state index is 11.5. The zero-order valence-corrected chi connectivity index (χ0v) is 10.1. The van der Waals surface area contributed by atoms with Crippen molar-refractivity contribution >= 4 is 12.3 Å². The maximum Gasteiger partial charge on any atom is 0.349 e. The molecule has 0 aliphatic carbocycles. The molecule has 0 saturated heterocycles. The standard InChI is InChI=1S/C15H12O4/c16-10-12-6-8-14(9-7-12)19-15(17)11-18-13-4-2-1-3-5-13/h1-10H,11H2. The van der Waals surface area contributed by atoms with Gasteiger partial charge in [0.2, 0.25) is 0 Å². The van der Waals surface area contributed by atoms with Crippen LogP contribution in [0.3, 0.4) is 0 Å². The molecule has 2 aromatic carbocycles. The van der Waals surface area contributed by atoms with Gasteiger partial charge >= 0.3 is 5.97 Å². The molecule has 0 N–H and O–H groups in total. The summed E-state index contributed by atoms with van der Waals surface area (Å²) in [5, 5.41) is 0. The molecule has 0 fully saturated rings. The Balaban J connectivity index is 1.85. The fourth-order valence-corrected chi connectivity index (χ4v) is 1.43. The quantitative estimate of drug-likeness (QED) is 0.468. The zero-order valence-electron chi connectivity index (χ0n) is 10.1. The van der Waals surface area contributed by atoms with E-state index in [4.69, 9.17) is 9.47 Å². The average molecular weight is 256 g/mol. The molecule has 0 unspecified atom stereocenters. The Morgan fingerprint density at radius 1 is 0.947 bits per heavy atom. The molecule has 4 heteroatoms. The van der Waals surface area contributed by atoms with Crippen molar-refractivity contribution in [3.63, 3.8) is 0 Å². The van der Waals surface area contributed by atoms with Crippen LogP contribution in [-0.2, 0) is 4.79 Å². The molecule has 2 rings (SSSR count). The van der Waals surface area contributed by atoms with Crippen molar-refractivity contribution in [3.8, 4) is 11.5 Å². The highest BCUT2D eigenvalue weighted by molar-refractivity contribution is 5.76. The molecule has 2 aromatic rings. The number of para-hydroxylation sites is 1. The molecule has 0 saturated carbocycles. The Morgan fingerprint density at radius 3 is 2.26 bits per heavy atom. The number of esters is 1. The predicted molar refractivity (Wildman–Crippen MR) is 69.4 cm³/mol. The minimum absolute atomic E-state index is 0.167. The number of carbonyl (C=O) groups is 2. The van der Waals surface area contributed by atoms with Gasteiger partial charge in [-0.25, -0.2) is 4.79 Å². The first-order valence-electron chi connectivity index (χ1n) is 5.72. The van der Waals surface area contributed by atoms with Gasteiger partial charge in [-0.05, 0) is 36.4 Å². The molecule has 0 spiro atoms. The van der Waals surface area contributed by atoms with Gasteiger partial charge in [-0.15, -0.1) is 0 Å². The second kappa shape index (κ2) is 6.35. The highest BCUT2D eigenvalue weighted by Crippen LogP contribution is 2.12. The number of benzene rings is 2. The van der Waals surface area contributed by atoms with E-state index in [9.17, 15) is 9.59 Å². The molecule has 4 nitrogen and oxygen atoms in total. The van der Waals surface area contributed by atoms with Gasteiger partial charge in [0.05, 0.1) is 0 Å². The van der Waals surface area contributed by atoms with Crippen LogP contribution in [0.1, 0.15) is 10.4 Å². The van der Waals surface area contributed by atoms with Gasteiger partial charge in [0, 0.05) is 5.56 Å². The Bertz CT molecular complexity index is 546. The second-order valence-electron chi connectivity index (χ2n) is 3.76. The van der Waals surface area contributed by atoms with E-state index in [0.29, 0.717) is 17.1 Å². The fraction of sp³-hybridized carbons (Fsp3) is 0.0667. The largest absolute Gasteiger partial charge is 0.482 e. The Labute approximate surface area is 110 Å². The van der Waals surface area contributed by atoms with Crippen LogP contribution >= 0.6 is 0 Å². The lowest BCUT2D eigenvalue weighted by Gasteiger charge is -2.06. The molecule has 0 heterocycles. The van der Waals surface area contributed by atoms with Crippen molar-refractivity contribution < 1.29 is 19.1 Å². The highest BCUT2D eigenvalue weighted by atomic mass is 16.6. The highest BCUT2D eigenvalue weighted by Gasteiger charge is 2.05. The van der Waals surface area contributed by atoms with Crippen molar-refractivity contribution in [2.24, 2.45) is 0 Å². The molecule has 96 valence electrons. The molecule has 0 atom stereocenters. The first-order valence-corrected chi connectivity index (χ1v) is 5.72. The third-order valence-corrected chi connectivity index (χ3v) is 2.35. The molecule has 0 amide bonds. The topological polar surface area (TPSA) is 52.6 Å². The summed E-state index contributed by atoms with van der Waals surface area (Å²) in [6.45, 7) is -0.167. The van der Waals surface area contributed by atoms with Crippen LogP contribution < -0.4 is 9.47 Å². The number of hydrogen-bond donors (Lipinski definition) is 0. The lowest BCUT2D eigenvalue weighted by atomic mass is 10.2. The van der Waals surface area contributed by atoms with Crippen molar-refractivity contribution in [2.45, 2.75) is 0 Å². The number of rotatable bonds is 5. The molecule has 0 aliphatic heterocycles. The number of hydrogen-bond acceptors (Lipinski definition) is 4. The van der Waals surface area contributed by atoms with E-state index in [2.05, 4.69) is 0 Å². The summed E-state index contributed by atoms with van der Waals surface area (Å²) >= 11 is 0. The third kappa shape index (κ3) is 3.96. The molecule has 0 bridgehead atoms. The van der Waals surface area contributed by atoms with E-state index in [-0.39, 0.29) is 6.61 Å². The predicted octanol–water partition coefficient (Wildman–Crippen LogP) is 2.48. The van der Waals surface area contributed by atoms with E-state index in [1.807, 2.05) is 18.2 Å². The van der Waals surface area contributed by atoms with Crippen molar-refractivity contribution in [2.75, 3.05) is 6.61 Å². The molecule has 0 aromatic heterocycles. The van der Waals surface area contributed by atoms with Crippen LogP contribution in [0.4, 0.5) is 0 Å². The Kier molecular flexibility index (Phi) is 4.29. The summed E-state index contributed by atoms with van der Waals surface area (Å²) in [5.74, 6) is 0.491. The monoisotopic (exact) mass is 256 g/mol. The van der Waals surface area contributed by atoms with Gasteiger partial charge in [-0.1, -0.05) is 18.2 Å². The number of aldehydes is 1. The lowest BCUT2D eigenvalue weighted by Crippen LogP contribution is -2.17. The van der Waals surface area contributed by atoms with E-state index < -0.39 is 5.97 Å². The van der Waals surface area contributed by atoms with Crippen LogP contribution in [0.15, 0.2) is 54.6 Å². The Morgan fingerprint density at radius 2 is 1.63 bits per heavy atom. The molecule has 0 radical (unpaired) electrons. The van der Waals surface area contributed by atoms with Crippen LogP contribution in [0.2, 0.25) is 0 Å². The number of carbonyl (C=O) groups excluding carboxylic acids is 2. The first-order chi connectivity index (χ1) is 9.28. The van der Waals surface area contributed by atoms with E-state index in [1.165, 1.54) is 0 Å². The summed E-state index contributed by atoms with van der Waals surface area (Å²) in [5.41, 5.74) is 0.528. The summed E-state index contributed by atoms with van der Waals surface area (Å²) < 4.78 is 10.3. The van der Waals surface area contributed by atoms with Gasteiger partial charge in [0.1, 0.15) is 17.8 Å². The normalized spacial score (nSPS) is 9.68. The maximum atomic E-state index is 11.5. The minimum Gasteiger partial charge on any atom is -0.482 e. The van der Waals surface area contributed by atoms with Crippen LogP contribution in [0.25, 0.3) is 0 Å². The smallest absolute Gasteiger partial charge is 0.349 e. The van der Waals surface area contributed by atoms with Crippen LogP contribution in [0, 0.1) is 0 Å². The second-order valence-corrected chi connectivity index (χ2v) is 3.76. The van der Waals surface area contributed by atoms with Gasteiger partial charge < -0.3 is 9.47 Å². The summed E-state index contributed by atoms with van der Waals surface area (Å²) in [6.07, 6.45) is 0.726. The van der Waals surface area contributed by atoms with E-state index in [0.717, 1.165) is 6.29 Å². The minimum atomic E-state index is -0.497. The lowest BCUT2D eigenvalue weighted by molar-refractivity contribution is -0.136. The van der Waals surface area contributed by atoms with Gasteiger partial charge in [-0.2, -0.15) is 0 Å². The van der Waals surface area contributed by atoms with Crippen molar-refractivity contribution in [1.29, 1.82) is 0 Å². The van der Waals surface area contributed by atoms with E-state index in [1.54, 1.807) is 36.4 Å². The summed E-state index contributed by atoms with van der Waals surface area (Å²) in [6, 6.07) is 15.3. The molecular weight excluding hydrogens is 244 g/mol. The molecular formula is C15H12O4. The fourth-order valence-electron chi connectivity index (χ4n) is 1.43. The Hall–Kier alpha value is -2.62. The zero-order chi connectivity index (χ0) is 13.5. The van der Waals surface area contributed by atoms with Crippen LogP contribution in [-0.4, -0.2) is 18.9 Å². The van der Waals surface area contributed by atoms with Gasteiger partial charge in [0.15, 0.2) is 6.61 Å². The van der Waals surface area contributed by atoms with Crippen LogP contribution in [0.5, 0.6) is 11.5 Å². The summed E-state index contributed by atoms with van der Waals surface area (Å²) in [4.78, 5) is 22.0. The van der Waals surface area contributed by atoms with Gasteiger partial charge in [-0.3, -0.25) is 4.79 Å². The third-order valence-electron chi connectivity index (χ3n) is 2.35. The number of ether oxygens (including phenoxy) is 2. The van der Waals surface area contributed by atoms with Crippen molar-refractivity contribution in [1.82, 2.24) is 0 Å². The summed E-state index contributed by atoms with van der Waals surface area (Å²) in [7, 11) is 0. The first kappa shape index (κ1) is 12.8. The van der Waals surface area contributed by atoms with Crippen molar-refractivity contribution in [3.05, 3.63) is 60.2 Å². The molecule has 19 heavy (non-hydrogen) atoms.